The van der Waals surface area contributed by atoms with E-state index in [-0.39, 0.29) is 37.0 Å². The Balaban J connectivity index is 1.70. The van der Waals surface area contributed by atoms with Gasteiger partial charge in [0.05, 0.1) is 5.56 Å². The van der Waals surface area contributed by atoms with Crippen LogP contribution < -0.4 is 5.32 Å². The molecular formula is C19H17ClF3N3O2. The van der Waals surface area contributed by atoms with Crippen molar-refractivity contribution in [3.63, 3.8) is 0 Å². The van der Waals surface area contributed by atoms with Gasteiger partial charge in [-0.05, 0) is 25.0 Å². The number of carbonyl (C=O) groups is 2. The molecule has 0 saturated carbocycles. The first-order valence-corrected chi connectivity index (χ1v) is 9.01. The van der Waals surface area contributed by atoms with Crippen molar-refractivity contribution in [2.75, 3.05) is 25.5 Å². The van der Waals surface area contributed by atoms with E-state index >= 15 is 0 Å². The molecule has 0 atom stereocenters. The lowest BCUT2D eigenvalue weighted by molar-refractivity contribution is 0.0647. The molecule has 5 nitrogen and oxygen atoms in total. The average molecular weight is 412 g/mol. The van der Waals surface area contributed by atoms with Crippen LogP contribution in [-0.2, 0) is 0 Å². The van der Waals surface area contributed by atoms with Crippen molar-refractivity contribution in [1.29, 1.82) is 0 Å². The molecule has 1 aromatic carbocycles. The minimum Gasteiger partial charge on any atom is -0.373 e. The standard InChI is InChI=1S/C19H17ClF3N3O2/c1-24-16-7-11(6-15(20)25-16)19(28)26-4-2-10(3-5-26)18(27)17-13(22)8-12(21)9-14(17)23/h6-10H,2-5H2,1H3,(H,24,25). The third-order valence-corrected chi connectivity index (χ3v) is 4.90. The molecule has 0 radical (unpaired) electrons. The van der Waals surface area contributed by atoms with Crippen molar-refractivity contribution < 1.29 is 22.8 Å². The van der Waals surface area contributed by atoms with Crippen molar-refractivity contribution in [2.24, 2.45) is 5.92 Å². The third kappa shape index (κ3) is 4.11. The molecule has 9 heteroatoms. The number of amides is 1. The van der Waals surface area contributed by atoms with Crippen molar-refractivity contribution in [3.05, 3.63) is 58.0 Å². The van der Waals surface area contributed by atoms with Crippen molar-refractivity contribution >= 4 is 29.1 Å². The molecule has 2 aromatic rings. The number of hydrogen-bond donors (Lipinski definition) is 1. The first-order valence-electron chi connectivity index (χ1n) is 8.63. The highest BCUT2D eigenvalue weighted by Gasteiger charge is 2.31. The number of likely N-dealkylation sites (tertiary alicyclic amines) is 1. The second-order valence-corrected chi connectivity index (χ2v) is 6.88. The van der Waals surface area contributed by atoms with Crippen LogP contribution in [0.25, 0.3) is 0 Å². The number of halogens is 4. The SMILES string of the molecule is CNc1cc(C(=O)N2CCC(C(=O)c3c(F)cc(F)cc3F)CC2)cc(Cl)n1. The quantitative estimate of drug-likeness (QED) is 0.611. The molecule has 1 fully saturated rings. The average Bonchev–Trinajstić information content (AvgIpc) is 2.66. The Labute approximate surface area is 164 Å². The summed E-state index contributed by atoms with van der Waals surface area (Å²) in [4.78, 5) is 30.7. The third-order valence-electron chi connectivity index (χ3n) is 4.70. The Bertz CT molecular complexity index is 908. The largest absolute Gasteiger partial charge is 0.373 e. The number of Topliss-reactive ketones (excluding diaryl/α,β-unsaturated/α-hetero) is 1. The van der Waals surface area contributed by atoms with Crippen LogP contribution in [0.15, 0.2) is 24.3 Å². The number of anilines is 1. The van der Waals surface area contributed by atoms with Gasteiger partial charge in [-0.3, -0.25) is 9.59 Å². The lowest BCUT2D eigenvalue weighted by Gasteiger charge is -2.31. The second-order valence-electron chi connectivity index (χ2n) is 6.49. The first kappa shape index (κ1) is 20.1. The topological polar surface area (TPSA) is 62.3 Å². The first-order chi connectivity index (χ1) is 13.3. The van der Waals surface area contributed by atoms with E-state index in [0.717, 1.165) is 0 Å². The maximum absolute atomic E-state index is 13.9. The fraction of sp³-hybridized carbons (Fsp3) is 0.316. The zero-order chi connectivity index (χ0) is 20.4. The lowest BCUT2D eigenvalue weighted by atomic mass is 9.88. The van der Waals surface area contributed by atoms with Gasteiger partial charge in [0, 0.05) is 43.8 Å². The van der Waals surface area contributed by atoms with Gasteiger partial charge in [0.25, 0.3) is 5.91 Å². The van der Waals surface area contributed by atoms with Crippen molar-refractivity contribution in [3.8, 4) is 0 Å². The van der Waals surface area contributed by atoms with E-state index in [1.54, 1.807) is 18.0 Å². The number of hydrogen-bond acceptors (Lipinski definition) is 4. The highest BCUT2D eigenvalue weighted by atomic mass is 35.5. The normalized spacial score (nSPS) is 14.8. The van der Waals surface area contributed by atoms with Crippen LogP contribution >= 0.6 is 11.6 Å². The highest BCUT2D eigenvalue weighted by molar-refractivity contribution is 6.29. The van der Waals surface area contributed by atoms with Crippen LogP contribution in [0.4, 0.5) is 19.0 Å². The summed E-state index contributed by atoms with van der Waals surface area (Å²) >= 11 is 5.92. The van der Waals surface area contributed by atoms with E-state index in [4.69, 9.17) is 11.6 Å². The Kier molecular flexibility index (Phi) is 5.88. The predicted molar refractivity (Wildman–Crippen MR) is 98.1 cm³/mol. The van der Waals surface area contributed by atoms with E-state index < -0.39 is 34.7 Å². The van der Waals surface area contributed by atoms with E-state index in [9.17, 15) is 22.8 Å². The van der Waals surface area contributed by atoms with E-state index in [1.807, 2.05) is 0 Å². The van der Waals surface area contributed by atoms with E-state index in [0.29, 0.717) is 23.5 Å². The summed E-state index contributed by atoms with van der Waals surface area (Å²) in [5.41, 5.74) is -0.379. The molecule has 28 heavy (non-hydrogen) atoms. The van der Waals surface area contributed by atoms with Crippen LogP contribution in [0.2, 0.25) is 5.15 Å². The van der Waals surface area contributed by atoms with Gasteiger partial charge in [0.2, 0.25) is 0 Å². The summed E-state index contributed by atoms with van der Waals surface area (Å²) in [6, 6.07) is 3.99. The number of rotatable bonds is 4. The van der Waals surface area contributed by atoms with Gasteiger partial charge in [0.1, 0.15) is 28.4 Å². The molecule has 148 valence electrons. The van der Waals surface area contributed by atoms with Crippen LogP contribution in [0.3, 0.4) is 0 Å². The molecule has 1 aromatic heterocycles. The fourth-order valence-electron chi connectivity index (χ4n) is 3.26. The van der Waals surface area contributed by atoms with Gasteiger partial charge in [-0.2, -0.15) is 0 Å². The predicted octanol–water partition coefficient (Wildman–Crippen LogP) is 3.93. The Morgan fingerprint density at radius 2 is 1.71 bits per heavy atom. The number of pyridine rings is 1. The van der Waals surface area contributed by atoms with Gasteiger partial charge >= 0.3 is 0 Å². The summed E-state index contributed by atoms with van der Waals surface area (Å²) < 4.78 is 40.8. The summed E-state index contributed by atoms with van der Waals surface area (Å²) in [5, 5.41) is 2.98. The monoisotopic (exact) mass is 411 g/mol. The molecule has 2 heterocycles. The van der Waals surface area contributed by atoms with Gasteiger partial charge in [-0.15, -0.1) is 0 Å². The highest BCUT2D eigenvalue weighted by Crippen LogP contribution is 2.26. The molecule has 0 unspecified atom stereocenters. The summed E-state index contributed by atoms with van der Waals surface area (Å²) in [5.74, 6) is -4.70. The smallest absolute Gasteiger partial charge is 0.254 e. The number of piperidine rings is 1. The zero-order valence-electron chi connectivity index (χ0n) is 14.9. The molecule has 1 aliphatic rings. The summed E-state index contributed by atoms with van der Waals surface area (Å²) in [6.07, 6.45) is 0.497. The molecule has 1 saturated heterocycles. The van der Waals surface area contributed by atoms with E-state index in [1.165, 1.54) is 6.07 Å². The molecule has 0 aliphatic carbocycles. The Morgan fingerprint density at radius 3 is 2.29 bits per heavy atom. The van der Waals surface area contributed by atoms with Crippen molar-refractivity contribution in [1.82, 2.24) is 9.88 Å². The summed E-state index contributed by atoms with van der Waals surface area (Å²) in [6.45, 7) is 0.489. The molecule has 0 bridgehead atoms. The number of carbonyl (C=O) groups excluding carboxylic acids is 2. The van der Waals surface area contributed by atoms with E-state index in [2.05, 4.69) is 10.3 Å². The minimum absolute atomic E-state index is 0.169. The molecule has 3 rings (SSSR count). The van der Waals surface area contributed by atoms with Crippen molar-refractivity contribution in [2.45, 2.75) is 12.8 Å². The molecule has 1 aliphatic heterocycles. The minimum atomic E-state index is -1.22. The Morgan fingerprint density at radius 1 is 1.11 bits per heavy atom. The van der Waals surface area contributed by atoms with Gasteiger partial charge in [-0.25, -0.2) is 18.2 Å². The molecular weight excluding hydrogens is 395 g/mol. The number of benzene rings is 1. The molecule has 0 spiro atoms. The van der Waals surface area contributed by atoms with Crippen LogP contribution in [0, 0.1) is 23.4 Å². The second kappa shape index (κ2) is 8.18. The summed E-state index contributed by atoms with van der Waals surface area (Å²) in [7, 11) is 1.65. The number of ketones is 1. The zero-order valence-corrected chi connectivity index (χ0v) is 15.7. The van der Waals surface area contributed by atoms with Gasteiger partial charge in [-0.1, -0.05) is 11.6 Å². The van der Waals surface area contributed by atoms with Gasteiger partial charge < -0.3 is 10.2 Å². The lowest BCUT2D eigenvalue weighted by Crippen LogP contribution is -2.40. The number of nitrogens with zero attached hydrogens (tertiary/aromatic N) is 2. The van der Waals surface area contributed by atoms with Crippen LogP contribution in [0.5, 0.6) is 0 Å². The molecule has 1 N–H and O–H groups in total. The maximum Gasteiger partial charge on any atom is 0.254 e. The fourth-order valence-corrected chi connectivity index (χ4v) is 3.47. The molecule has 1 amide bonds. The van der Waals surface area contributed by atoms with Crippen LogP contribution in [0.1, 0.15) is 33.6 Å². The van der Waals surface area contributed by atoms with Gasteiger partial charge in [0.15, 0.2) is 5.78 Å². The number of nitrogens with one attached hydrogen (secondary N) is 1. The Hall–Kier alpha value is -2.61. The maximum atomic E-state index is 13.9. The number of aromatic nitrogens is 1. The van der Waals surface area contributed by atoms with Crippen LogP contribution in [-0.4, -0.2) is 41.7 Å².